The Morgan fingerprint density at radius 1 is 1.10 bits per heavy atom. The third-order valence-corrected chi connectivity index (χ3v) is 5.33. The third-order valence-electron chi connectivity index (χ3n) is 5.09. The fourth-order valence-corrected chi connectivity index (χ4v) is 3.75. The van der Waals surface area contributed by atoms with Crippen molar-refractivity contribution in [2.45, 2.75) is 34.1 Å². The number of benzene rings is 2. The molecule has 0 unspecified atom stereocenters. The number of hydrogen-bond donors (Lipinski definition) is 2. The van der Waals surface area contributed by atoms with Crippen LogP contribution in [0.25, 0.3) is 0 Å². The van der Waals surface area contributed by atoms with E-state index < -0.39 is 0 Å². The first-order valence-corrected chi connectivity index (χ1v) is 10.6. The zero-order valence-electron chi connectivity index (χ0n) is 18.6. The van der Waals surface area contributed by atoms with E-state index in [4.69, 9.17) is 11.6 Å². The largest absolute Gasteiger partial charge is 0.326 e. The van der Waals surface area contributed by atoms with Crippen LogP contribution in [0, 0.1) is 27.7 Å². The molecule has 3 rings (SSSR count). The van der Waals surface area contributed by atoms with E-state index in [2.05, 4.69) is 20.7 Å². The maximum Gasteiger partial charge on any atom is 0.257 e. The second-order valence-corrected chi connectivity index (χ2v) is 8.16. The molecule has 7 heteroatoms. The highest BCUT2D eigenvalue weighted by Gasteiger charge is 2.12. The number of aryl methyl sites for hydroxylation is 4. The van der Waals surface area contributed by atoms with Gasteiger partial charge >= 0.3 is 0 Å². The smallest absolute Gasteiger partial charge is 0.257 e. The van der Waals surface area contributed by atoms with Crippen LogP contribution in [-0.2, 0) is 13.5 Å². The molecule has 0 radical (unpaired) electrons. The Morgan fingerprint density at radius 2 is 1.81 bits per heavy atom. The molecule has 3 aromatic rings. The second kappa shape index (κ2) is 9.79. The maximum atomic E-state index is 12.9. The minimum atomic E-state index is -0.214. The molecule has 0 saturated carbocycles. The van der Waals surface area contributed by atoms with Crippen molar-refractivity contribution in [3.8, 4) is 0 Å². The van der Waals surface area contributed by atoms with Crippen molar-refractivity contribution in [2.75, 3.05) is 11.9 Å². The van der Waals surface area contributed by atoms with E-state index in [-0.39, 0.29) is 5.91 Å². The number of guanidine groups is 1. The van der Waals surface area contributed by atoms with Gasteiger partial charge in [0.15, 0.2) is 0 Å². The van der Waals surface area contributed by atoms with Gasteiger partial charge in [-0.3, -0.25) is 19.8 Å². The number of aliphatic imine (C=N–C) groups is 1. The van der Waals surface area contributed by atoms with E-state index in [0.29, 0.717) is 23.1 Å². The summed E-state index contributed by atoms with van der Waals surface area (Å²) in [7, 11) is 1.94. The van der Waals surface area contributed by atoms with E-state index >= 15 is 0 Å². The van der Waals surface area contributed by atoms with Crippen molar-refractivity contribution in [3.05, 3.63) is 81.1 Å². The van der Waals surface area contributed by atoms with Crippen molar-refractivity contribution in [2.24, 2.45) is 12.0 Å². The lowest BCUT2D eigenvalue weighted by Gasteiger charge is -2.13. The second-order valence-electron chi connectivity index (χ2n) is 7.72. The summed E-state index contributed by atoms with van der Waals surface area (Å²) in [5.41, 5.74) is 6.71. The summed E-state index contributed by atoms with van der Waals surface area (Å²) < 4.78 is 1.88. The Balaban J connectivity index is 1.81. The van der Waals surface area contributed by atoms with E-state index in [9.17, 15) is 4.79 Å². The highest BCUT2D eigenvalue weighted by atomic mass is 35.5. The van der Waals surface area contributed by atoms with Gasteiger partial charge in [-0.05, 0) is 70.0 Å². The lowest BCUT2D eigenvalue weighted by atomic mass is 10.1. The highest BCUT2D eigenvalue weighted by Crippen LogP contribution is 2.16. The molecule has 0 aliphatic heterocycles. The fraction of sp³-hybridized carbons (Fsp3) is 0.292. The van der Waals surface area contributed by atoms with Crippen LogP contribution in [0.15, 0.2) is 47.5 Å². The number of rotatable bonds is 5. The van der Waals surface area contributed by atoms with Crippen LogP contribution >= 0.6 is 11.6 Å². The SMILES string of the molecule is Cc1cc(C)cc(C(=O)NC(=NCCc2c(C)nn(C)c2C)Nc2cccc(Cl)c2)c1. The van der Waals surface area contributed by atoms with Gasteiger partial charge in [-0.2, -0.15) is 5.10 Å². The molecular weight excluding hydrogens is 410 g/mol. The summed E-state index contributed by atoms with van der Waals surface area (Å²) in [6.07, 6.45) is 0.728. The molecule has 0 atom stereocenters. The fourth-order valence-electron chi connectivity index (χ4n) is 3.56. The molecule has 0 aliphatic carbocycles. The predicted octanol–water partition coefficient (Wildman–Crippen LogP) is 4.75. The van der Waals surface area contributed by atoms with Gasteiger partial charge in [-0.1, -0.05) is 34.9 Å². The van der Waals surface area contributed by atoms with E-state index in [1.807, 2.05) is 69.8 Å². The van der Waals surface area contributed by atoms with Gasteiger partial charge in [0.2, 0.25) is 5.96 Å². The summed E-state index contributed by atoms with van der Waals surface area (Å²) in [4.78, 5) is 17.5. The minimum absolute atomic E-state index is 0.214. The molecule has 1 aromatic heterocycles. The average molecular weight is 438 g/mol. The van der Waals surface area contributed by atoms with Gasteiger partial charge in [0, 0.05) is 35.6 Å². The molecule has 0 bridgehead atoms. The van der Waals surface area contributed by atoms with E-state index in [0.717, 1.165) is 34.6 Å². The van der Waals surface area contributed by atoms with Crippen molar-refractivity contribution < 1.29 is 4.79 Å². The molecule has 1 amide bonds. The summed E-state index contributed by atoms with van der Waals surface area (Å²) in [5.74, 6) is 0.166. The molecule has 0 saturated heterocycles. The molecule has 2 aromatic carbocycles. The zero-order valence-corrected chi connectivity index (χ0v) is 19.3. The Hall–Kier alpha value is -3.12. The number of nitrogens with one attached hydrogen (secondary N) is 2. The van der Waals surface area contributed by atoms with Crippen LogP contribution in [-0.4, -0.2) is 28.2 Å². The molecule has 6 nitrogen and oxygen atoms in total. The predicted molar refractivity (Wildman–Crippen MR) is 127 cm³/mol. The van der Waals surface area contributed by atoms with Gasteiger partial charge in [0.25, 0.3) is 5.91 Å². The summed E-state index contributed by atoms with van der Waals surface area (Å²) in [6, 6.07) is 13.1. The number of anilines is 1. The molecule has 0 spiro atoms. The van der Waals surface area contributed by atoms with Crippen molar-refractivity contribution in [1.29, 1.82) is 0 Å². The number of carbonyl (C=O) groups is 1. The zero-order chi connectivity index (χ0) is 22.5. The van der Waals surface area contributed by atoms with Gasteiger partial charge in [0.05, 0.1) is 5.69 Å². The van der Waals surface area contributed by atoms with E-state index in [1.54, 1.807) is 12.1 Å². The van der Waals surface area contributed by atoms with Crippen LogP contribution < -0.4 is 10.6 Å². The number of hydrogen-bond acceptors (Lipinski definition) is 3. The monoisotopic (exact) mass is 437 g/mol. The van der Waals surface area contributed by atoms with Crippen LogP contribution in [0.2, 0.25) is 5.02 Å². The van der Waals surface area contributed by atoms with Crippen molar-refractivity contribution in [1.82, 2.24) is 15.1 Å². The van der Waals surface area contributed by atoms with Gasteiger partial charge in [0.1, 0.15) is 0 Å². The first-order chi connectivity index (χ1) is 14.7. The Bertz CT molecular complexity index is 1110. The molecule has 0 aliphatic rings. The van der Waals surface area contributed by atoms with Crippen LogP contribution in [0.5, 0.6) is 0 Å². The van der Waals surface area contributed by atoms with Crippen molar-refractivity contribution >= 4 is 29.2 Å². The lowest BCUT2D eigenvalue weighted by Crippen LogP contribution is -2.36. The summed E-state index contributed by atoms with van der Waals surface area (Å²) in [5, 5.41) is 11.2. The minimum Gasteiger partial charge on any atom is -0.326 e. The van der Waals surface area contributed by atoms with Gasteiger partial charge in [-0.15, -0.1) is 0 Å². The highest BCUT2D eigenvalue weighted by molar-refractivity contribution is 6.31. The molecule has 2 N–H and O–H groups in total. The molecule has 31 heavy (non-hydrogen) atoms. The quantitative estimate of drug-likeness (QED) is 0.447. The van der Waals surface area contributed by atoms with E-state index in [1.165, 1.54) is 5.56 Å². The normalized spacial score (nSPS) is 11.5. The first kappa shape index (κ1) is 22.6. The topological polar surface area (TPSA) is 71.3 Å². The third kappa shape index (κ3) is 5.95. The Kier molecular flexibility index (Phi) is 7.13. The first-order valence-electron chi connectivity index (χ1n) is 10.2. The van der Waals surface area contributed by atoms with Crippen molar-refractivity contribution in [3.63, 3.8) is 0 Å². The Morgan fingerprint density at radius 3 is 2.42 bits per heavy atom. The summed E-state index contributed by atoms with van der Waals surface area (Å²) >= 11 is 6.11. The number of carbonyl (C=O) groups excluding carboxylic acids is 1. The van der Waals surface area contributed by atoms with Gasteiger partial charge in [-0.25, -0.2) is 0 Å². The lowest BCUT2D eigenvalue weighted by molar-refractivity contribution is 0.0976. The Labute approximate surface area is 188 Å². The van der Waals surface area contributed by atoms with Crippen LogP contribution in [0.4, 0.5) is 5.69 Å². The number of nitrogens with zero attached hydrogens (tertiary/aromatic N) is 3. The number of amides is 1. The number of aromatic nitrogens is 2. The molecule has 162 valence electrons. The maximum absolute atomic E-state index is 12.9. The van der Waals surface area contributed by atoms with Gasteiger partial charge < -0.3 is 5.32 Å². The number of halogens is 1. The standard InChI is InChI=1S/C24H28ClN5O/c1-15-11-16(2)13-19(12-15)23(31)28-24(27-21-8-6-7-20(25)14-21)26-10-9-22-17(3)29-30(5)18(22)4/h6-8,11-14H,9-10H2,1-5H3,(H2,26,27,28,31). The molecule has 0 fully saturated rings. The molecular formula is C24H28ClN5O. The molecule has 1 heterocycles. The van der Waals surface area contributed by atoms with Crippen LogP contribution in [0.3, 0.4) is 0 Å². The average Bonchev–Trinajstić information content (AvgIpc) is 2.93. The summed E-state index contributed by atoms with van der Waals surface area (Å²) in [6.45, 7) is 8.50. The van der Waals surface area contributed by atoms with Crippen LogP contribution in [0.1, 0.15) is 38.4 Å².